The number of nitrogens with one attached hydrogen (secondary N) is 2. The van der Waals surface area contributed by atoms with Crippen molar-refractivity contribution in [2.75, 3.05) is 25.1 Å². The van der Waals surface area contributed by atoms with Crippen LogP contribution < -0.4 is 10.1 Å². The standard InChI is InChI=1S/C22H20FN3O2S/c1-2-27-12-13-28-20-8-7-17(22-24-10-11-25-22)15-19(20)26-21(29)9-6-16-4-3-5-18(23)14-16/h3-5,7-8,10-11,14-15H,2,12-13H2,1H3,(H,24,25)(H,26,29). The Balaban J connectivity index is 1.78. The Hall–Kier alpha value is -3.21. The Bertz CT molecular complexity index is 1030. The predicted octanol–water partition coefficient (Wildman–Crippen LogP) is 4.42. The summed E-state index contributed by atoms with van der Waals surface area (Å²) in [5.41, 5.74) is 2.08. The van der Waals surface area contributed by atoms with E-state index < -0.39 is 0 Å². The summed E-state index contributed by atoms with van der Waals surface area (Å²) in [4.78, 5) is 7.63. The minimum Gasteiger partial charge on any atom is -0.489 e. The SMILES string of the molecule is CCOCCOc1ccc(-c2ncc[nH]2)cc1NC(=S)C#Cc1cccc(F)c1. The molecule has 0 aliphatic carbocycles. The van der Waals surface area contributed by atoms with Crippen molar-refractivity contribution in [3.05, 3.63) is 66.2 Å². The summed E-state index contributed by atoms with van der Waals surface area (Å²) in [7, 11) is 0. The van der Waals surface area contributed by atoms with Crippen molar-refractivity contribution in [1.29, 1.82) is 0 Å². The lowest BCUT2D eigenvalue weighted by atomic mass is 10.1. The first-order valence-corrected chi connectivity index (χ1v) is 9.49. The Morgan fingerprint density at radius 2 is 2.14 bits per heavy atom. The van der Waals surface area contributed by atoms with Crippen molar-refractivity contribution in [3.8, 4) is 29.0 Å². The molecule has 29 heavy (non-hydrogen) atoms. The fourth-order valence-electron chi connectivity index (χ4n) is 2.53. The first-order valence-electron chi connectivity index (χ1n) is 9.08. The van der Waals surface area contributed by atoms with Gasteiger partial charge in [0.05, 0.1) is 12.3 Å². The number of imidazole rings is 1. The zero-order valence-electron chi connectivity index (χ0n) is 15.9. The summed E-state index contributed by atoms with van der Waals surface area (Å²) in [6.07, 6.45) is 3.44. The van der Waals surface area contributed by atoms with E-state index in [1.807, 2.05) is 25.1 Å². The molecule has 0 atom stereocenters. The highest BCUT2D eigenvalue weighted by atomic mass is 32.1. The van der Waals surface area contributed by atoms with Gasteiger partial charge in [-0.05, 0) is 49.2 Å². The molecule has 0 fully saturated rings. The molecule has 2 aromatic carbocycles. The number of aromatic amines is 1. The molecule has 0 radical (unpaired) electrons. The average molecular weight is 409 g/mol. The van der Waals surface area contributed by atoms with Crippen LogP contribution in [0.4, 0.5) is 10.1 Å². The summed E-state index contributed by atoms with van der Waals surface area (Å²) >= 11 is 5.34. The smallest absolute Gasteiger partial charge is 0.155 e. The Kier molecular flexibility index (Phi) is 7.34. The number of nitrogens with zero attached hydrogens (tertiary/aromatic N) is 1. The predicted molar refractivity (Wildman–Crippen MR) is 116 cm³/mol. The van der Waals surface area contributed by atoms with Crippen molar-refractivity contribution in [1.82, 2.24) is 9.97 Å². The summed E-state index contributed by atoms with van der Waals surface area (Å²) in [6.45, 7) is 3.45. The van der Waals surface area contributed by atoms with Crippen LogP contribution in [0.5, 0.6) is 5.75 Å². The Labute approximate surface area is 174 Å². The van der Waals surface area contributed by atoms with Crippen molar-refractivity contribution in [2.24, 2.45) is 0 Å². The number of rotatable bonds is 7. The molecule has 0 saturated heterocycles. The van der Waals surface area contributed by atoms with E-state index in [0.29, 0.717) is 41.8 Å². The second-order valence-corrected chi connectivity index (χ2v) is 6.32. The van der Waals surface area contributed by atoms with E-state index in [2.05, 4.69) is 27.1 Å². The van der Waals surface area contributed by atoms with E-state index >= 15 is 0 Å². The average Bonchev–Trinajstić information content (AvgIpc) is 3.25. The van der Waals surface area contributed by atoms with Gasteiger partial charge in [-0.3, -0.25) is 0 Å². The molecule has 0 amide bonds. The van der Waals surface area contributed by atoms with E-state index in [1.165, 1.54) is 12.1 Å². The molecule has 3 aromatic rings. The van der Waals surface area contributed by atoms with Crippen molar-refractivity contribution >= 4 is 22.9 Å². The number of hydrogen-bond donors (Lipinski definition) is 2. The normalized spacial score (nSPS) is 10.1. The first-order chi connectivity index (χ1) is 14.2. The van der Waals surface area contributed by atoms with Crippen LogP contribution in [-0.2, 0) is 4.74 Å². The monoisotopic (exact) mass is 409 g/mol. The van der Waals surface area contributed by atoms with Crippen LogP contribution in [0.1, 0.15) is 12.5 Å². The van der Waals surface area contributed by atoms with E-state index in [4.69, 9.17) is 21.7 Å². The highest BCUT2D eigenvalue weighted by Gasteiger charge is 2.09. The lowest BCUT2D eigenvalue weighted by molar-refractivity contribution is 0.110. The van der Waals surface area contributed by atoms with Crippen molar-refractivity contribution in [3.63, 3.8) is 0 Å². The van der Waals surface area contributed by atoms with Crippen LogP contribution in [0.15, 0.2) is 54.9 Å². The molecular weight excluding hydrogens is 389 g/mol. The zero-order chi connectivity index (χ0) is 20.5. The van der Waals surface area contributed by atoms with Crippen LogP contribution in [0.25, 0.3) is 11.4 Å². The maximum absolute atomic E-state index is 13.3. The van der Waals surface area contributed by atoms with E-state index in [-0.39, 0.29) is 5.82 Å². The van der Waals surface area contributed by atoms with Gasteiger partial charge in [-0.15, -0.1) is 0 Å². The maximum atomic E-state index is 13.3. The Morgan fingerprint density at radius 1 is 1.24 bits per heavy atom. The van der Waals surface area contributed by atoms with Gasteiger partial charge in [0.2, 0.25) is 0 Å². The molecule has 0 aliphatic rings. The second-order valence-electron chi connectivity index (χ2n) is 5.91. The topological polar surface area (TPSA) is 59.2 Å². The molecule has 0 bridgehead atoms. The third-order valence-corrected chi connectivity index (χ3v) is 4.04. The molecule has 0 unspecified atom stereocenters. The highest BCUT2D eigenvalue weighted by molar-refractivity contribution is 7.81. The summed E-state index contributed by atoms with van der Waals surface area (Å²) < 4.78 is 24.4. The number of aromatic nitrogens is 2. The Morgan fingerprint density at radius 3 is 2.90 bits per heavy atom. The third-order valence-electron chi connectivity index (χ3n) is 3.83. The summed E-state index contributed by atoms with van der Waals surface area (Å²) in [6, 6.07) is 11.7. The summed E-state index contributed by atoms with van der Waals surface area (Å²) in [5.74, 6) is 6.69. The lowest BCUT2D eigenvalue weighted by Crippen LogP contribution is -2.11. The van der Waals surface area contributed by atoms with E-state index in [9.17, 15) is 4.39 Å². The van der Waals surface area contributed by atoms with Crippen LogP contribution in [0.2, 0.25) is 0 Å². The second kappa shape index (κ2) is 10.4. The number of anilines is 1. The number of halogens is 1. The lowest BCUT2D eigenvalue weighted by Gasteiger charge is -2.13. The molecule has 7 heteroatoms. The number of H-pyrrole nitrogens is 1. The van der Waals surface area contributed by atoms with Gasteiger partial charge < -0.3 is 19.8 Å². The molecule has 1 aromatic heterocycles. The van der Waals surface area contributed by atoms with Gasteiger partial charge in [-0.1, -0.05) is 24.2 Å². The molecule has 0 aliphatic heterocycles. The zero-order valence-corrected chi connectivity index (χ0v) is 16.7. The van der Waals surface area contributed by atoms with Crippen molar-refractivity contribution in [2.45, 2.75) is 6.92 Å². The third kappa shape index (κ3) is 6.14. The minimum atomic E-state index is -0.341. The molecule has 148 valence electrons. The van der Waals surface area contributed by atoms with Crippen LogP contribution in [0.3, 0.4) is 0 Å². The van der Waals surface area contributed by atoms with Crippen LogP contribution >= 0.6 is 12.2 Å². The van der Waals surface area contributed by atoms with E-state index in [1.54, 1.807) is 24.5 Å². The molecule has 2 N–H and O–H groups in total. The van der Waals surface area contributed by atoms with Gasteiger partial charge in [0.25, 0.3) is 0 Å². The number of thiocarbonyl (C=S) groups is 1. The number of hydrogen-bond acceptors (Lipinski definition) is 4. The van der Waals surface area contributed by atoms with Gasteiger partial charge in [-0.2, -0.15) is 0 Å². The highest BCUT2D eigenvalue weighted by Crippen LogP contribution is 2.29. The molecule has 5 nitrogen and oxygen atoms in total. The number of benzene rings is 2. The number of ether oxygens (including phenoxy) is 2. The molecule has 1 heterocycles. The van der Waals surface area contributed by atoms with Gasteiger partial charge in [-0.25, -0.2) is 9.37 Å². The van der Waals surface area contributed by atoms with Crippen molar-refractivity contribution < 1.29 is 13.9 Å². The van der Waals surface area contributed by atoms with Crippen LogP contribution in [0, 0.1) is 17.7 Å². The molecular formula is C22H20FN3O2S. The van der Waals surface area contributed by atoms with Gasteiger partial charge in [0.15, 0.2) is 4.99 Å². The van der Waals surface area contributed by atoms with E-state index in [0.717, 1.165) is 11.4 Å². The maximum Gasteiger partial charge on any atom is 0.155 e. The molecule has 3 rings (SSSR count). The van der Waals surface area contributed by atoms with Gasteiger partial charge >= 0.3 is 0 Å². The largest absolute Gasteiger partial charge is 0.489 e. The fraction of sp³-hybridized carbons (Fsp3) is 0.182. The van der Waals surface area contributed by atoms with Gasteiger partial charge in [0.1, 0.15) is 24.0 Å². The summed E-state index contributed by atoms with van der Waals surface area (Å²) in [5, 5.41) is 3.10. The van der Waals surface area contributed by atoms with Gasteiger partial charge in [0, 0.05) is 30.1 Å². The first kappa shape index (κ1) is 20.5. The fourth-order valence-corrected chi connectivity index (χ4v) is 2.69. The van der Waals surface area contributed by atoms with Crippen LogP contribution in [-0.4, -0.2) is 34.8 Å². The quantitative estimate of drug-likeness (QED) is 0.344. The molecule has 0 saturated carbocycles. The minimum absolute atomic E-state index is 0.292. The molecule has 0 spiro atoms.